The summed E-state index contributed by atoms with van der Waals surface area (Å²) in [6.07, 6.45) is 4.09. The van der Waals surface area contributed by atoms with Crippen LogP contribution in [-0.2, 0) is 17.8 Å². The van der Waals surface area contributed by atoms with Crippen molar-refractivity contribution < 1.29 is 18.7 Å². The van der Waals surface area contributed by atoms with Crippen LogP contribution < -0.4 is 10.1 Å². The van der Waals surface area contributed by atoms with Crippen LogP contribution in [-0.4, -0.2) is 78.0 Å². The zero-order chi connectivity index (χ0) is 29.6. The van der Waals surface area contributed by atoms with Crippen molar-refractivity contribution in [3.8, 4) is 11.5 Å². The van der Waals surface area contributed by atoms with Crippen molar-refractivity contribution in [2.24, 2.45) is 5.92 Å². The first-order valence-corrected chi connectivity index (χ1v) is 15.3. The van der Waals surface area contributed by atoms with Gasteiger partial charge >= 0.3 is 0 Å². The van der Waals surface area contributed by atoms with Crippen molar-refractivity contribution >= 4 is 16.8 Å². The molecular formula is C34H40FN5O3. The topological polar surface area (TPSA) is 71.9 Å². The number of morpholine rings is 1. The predicted molar refractivity (Wildman–Crippen MR) is 165 cm³/mol. The van der Waals surface area contributed by atoms with Gasteiger partial charge in [-0.05, 0) is 91.4 Å². The van der Waals surface area contributed by atoms with Gasteiger partial charge in [-0.1, -0.05) is 6.07 Å². The van der Waals surface area contributed by atoms with Crippen LogP contribution >= 0.6 is 0 Å². The van der Waals surface area contributed by atoms with Crippen molar-refractivity contribution in [1.82, 2.24) is 24.9 Å². The van der Waals surface area contributed by atoms with E-state index in [2.05, 4.69) is 40.2 Å². The van der Waals surface area contributed by atoms with Gasteiger partial charge in [0.1, 0.15) is 17.3 Å². The summed E-state index contributed by atoms with van der Waals surface area (Å²) >= 11 is 0. The molecule has 2 saturated heterocycles. The number of benzene rings is 3. The molecule has 43 heavy (non-hydrogen) atoms. The van der Waals surface area contributed by atoms with E-state index >= 15 is 0 Å². The first-order chi connectivity index (χ1) is 21.0. The molecule has 0 spiro atoms. The highest BCUT2D eigenvalue weighted by Gasteiger charge is 2.24. The second kappa shape index (κ2) is 13.7. The highest BCUT2D eigenvalue weighted by molar-refractivity contribution is 5.94. The van der Waals surface area contributed by atoms with Crippen LogP contribution in [0.4, 0.5) is 4.39 Å². The van der Waals surface area contributed by atoms with Gasteiger partial charge in [0.05, 0.1) is 18.7 Å². The Morgan fingerprint density at radius 1 is 0.977 bits per heavy atom. The molecule has 0 unspecified atom stereocenters. The van der Waals surface area contributed by atoms with Gasteiger partial charge in [-0.3, -0.25) is 14.4 Å². The average molecular weight is 586 g/mol. The molecule has 2 aliphatic heterocycles. The molecular weight excluding hydrogens is 545 g/mol. The number of likely N-dealkylation sites (tertiary alicyclic amines) is 1. The molecule has 226 valence electrons. The molecule has 4 aromatic rings. The van der Waals surface area contributed by atoms with E-state index in [1.54, 1.807) is 36.4 Å². The Bertz CT molecular complexity index is 1510. The number of halogens is 1. The van der Waals surface area contributed by atoms with E-state index in [4.69, 9.17) is 14.6 Å². The van der Waals surface area contributed by atoms with E-state index in [0.29, 0.717) is 23.0 Å². The molecule has 0 atom stereocenters. The van der Waals surface area contributed by atoms with Gasteiger partial charge in [0.25, 0.3) is 5.91 Å². The lowest BCUT2D eigenvalue weighted by molar-refractivity contribution is 0.0384. The van der Waals surface area contributed by atoms with Gasteiger partial charge in [0.15, 0.2) is 0 Å². The Morgan fingerprint density at radius 3 is 2.40 bits per heavy atom. The third-order valence-electron chi connectivity index (χ3n) is 8.64. The molecule has 0 radical (unpaired) electrons. The normalized spacial score (nSPS) is 16.6. The van der Waals surface area contributed by atoms with E-state index < -0.39 is 0 Å². The SMILES string of the molecule is Cc1c(CNCCN2CCOCC2)ccc2nn(CC3CCN(C(=O)c4ccc(Oc5ccc(F)cc5)cc4)CC3)cc12. The van der Waals surface area contributed by atoms with Crippen molar-refractivity contribution in [3.05, 3.63) is 89.4 Å². The Kier molecular flexibility index (Phi) is 9.31. The van der Waals surface area contributed by atoms with E-state index in [1.807, 2.05) is 4.90 Å². The number of rotatable bonds is 10. The minimum absolute atomic E-state index is 0.0401. The molecule has 0 saturated carbocycles. The first kappa shape index (κ1) is 29.3. The highest BCUT2D eigenvalue weighted by atomic mass is 19.1. The molecule has 2 aliphatic rings. The zero-order valence-electron chi connectivity index (χ0n) is 24.8. The number of aromatic nitrogens is 2. The molecule has 1 aromatic heterocycles. The summed E-state index contributed by atoms with van der Waals surface area (Å²) in [7, 11) is 0. The van der Waals surface area contributed by atoms with Crippen molar-refractivity contribution in [2.45, 2.75) is 32.9 Å². The van der Waals surface area contributed by atoms with Gasteiger partial charge in [-0.2, -0.15) is 5.10 Å². The van der Waals surface area contributed by atoms with Crippen LogP contribution in [0.1, 0.15) is 34.3 Å². The largest absolute Gasteiger partial charge is 0.457 e. The maximum atomic E-state index is 13.1. The molecule has 3 aromatic carbocycles. The van der Waals surface area contributed by atoms with Gasteiger partial charge in [-0.15, -0.1) is 0 Å². The van der Waals surface area contributed by atoms with Gasteiger partial charge < -0.3 is 19.7 Å². The number of piperidine rings is 1. The summed E-state index contributed by atoms with van der Waals surface area (Å²) in [5.74, 6) is 1.37. The smallest absolute Gasteiger partial charge is 0.253 e. The fraction of sp³-hybridized carbons (Fsp3) is 0.412. The summed E-state index contributed by atoms with van der Waals surface area (Å²) < 4.78 is 26.4. The van der Waals surface area contributed by atoms with Crippen molar-refractivity contribution in [2.75, 3.05) is 52.5 Å². The summed E-state index contributed by atoms with van der Waals surface area (Å²) in [6.45, 7) is 11.1. The standard InChI is InChI=1S/C34H40FN5O3/c1-25-28(22-36-14-17-38-18-20-42-21-19-38)4-11-33-32(25)24-40(37-33)23-26-12-15-39(16-13-26)34(41)27-2-7-30(8-3-27)43-31-9-5-29(35)6-10-31/h2-11,24,26,36H,12-23H2,1H3. The van der Waals surface area contributed by atoms with Crippen molar-refractivity contribution in [1.29, 1.82) is 0 Å². The number of amides is 1. The maximum Gasteiger partial charge on any atom is 0.253 e. The number of hydrogen-bond acceptors (Lipinski definition) is 6. The molecule has 0 bridgehead atoms. The van der Waals surface area contributed by atoms with E-state index in [9.17, 15) is 9.18 Å². The summed E-state index contributed by atoms with van der Waals surface area (Å²) in [4.78, 5) is 17.5. The summed E-state index contributed by atoms with van der Waals surface area (Å²) in [5.41, 5.74) is 4.28. The average Bonchev–Trinajstić information content (AvgIpc) is 3.46. The number of ether oxygens (including phenoxy) is 2. The number of carbonyl (C=O) groups excluding carboxylic acids is 1. The highest BCUT2D eigenvalue weighted by Crippen LogP contribution is 2.26. The van der Waals surface area contributed by atoms with E-state index in [1.165, 1.54) is 28.6 Å². The number of hydrogen-bond donors (Lipinski definition) is 1. The molecule has 9 heteroatoms. The van der Waals surface area contributed by atoms with Crippen LogP contribution in [0.5, 0.6) is 11.5 Å². The predicted octanol–water partition coefficient (Wildman–Crippen LogP) is 5.25. The fourth-order valence-electron chi connectivity index (χ4n) is 5.97. The third-order valence-corrected chi connectivity index (χ3v) is 8.64. The number of aryl methyl sites for hydroxylation is 1. The Balaban J connectivity index is 0.977. The van der Waals surface area contributed by atoms with Gasteiger partial charge in [0.2, 0.25) is 0 Å². The number of fused-ring (bicyclic) bond motifs is 1. The number of nitrogens with zero attached hydrogens (tertiary/aromatic N) is 4. The van der Waals surface area contributed by atoms with Crippen molar-refractivity contribution in [3.63, 3.8) is 0 Å². The van der Waals surface area contributed by atoms with E-state index in [-0.39, 0.29) is 11.7 Å². The van der Waals surface area contributed by atoms with Crippen LogP contribution in [0, 0.1) is 18.7 Å². The molecule has 0 aliphatic carbocycles. The third kappa shape index (κ3) is 7.41. The second-order valence-corrected chi connectivity index (χ2v) is 11.6. The molecule has 1 N–H and O–H groups in total. The van der Waals surface area contributed by atoms with Gasteiger partial charge in [0, 0.05) is 69.5 Å². The van der Waals surface area contributed by atoms with Gasteiger partial charge in [-0.25, -0.2) is 4.39 Å². The zero-order valence-corrected chi connectivity index (χ0v) is 24.8. The van der Waals surface area contributed by atoms with Crippen LogP contribution in [0.2, 0.25) is 0 Å². The Hall–Kier alpha value is -3.79. The second-order valence-electron chi connectivity index (χ2n) is 11.6. The minimum atomic E-state index is -0.307. The monoisotopic (exact) mass is 585 g/mol. The lowest BCUT2D eigenvalue weighted by Crippen LogP contribution is -2.40. The Morgan fingerprint density at radius 2 is 1.67 bits per heavy atom. The molecule has 2 fully saturated rings. The quantitative estimate of drug-likeness (QED) is 0.257. The lowest BCUT2D eigenvalue weighted by atomic mass is 9.96. The van der Waals surface area contributed by atoms with Crippen LogP contribution in [0.3, 0.4) is 0 Å². The summed E-state index contributed by atoms with van der Waals surface area (Å²) in [6, 6.07) is 17.3. The molecule has 1 amide bonds. The first-order valence-electron chi connectivity index (χ1n) is 15.3. The maximum absolute atomic E-state index is 13.1. The fourth-order valence-corrected chi connectivity index (χ4v) is 5.97. The number of nitrogens with one attached hydrogen (secondary N) is 1. The van der Waals surface area contributed by atoms with E-state index in [0.717, 1.165) is 83.9 Å². The minimum Gasteiger partial charge on any atom is -0.457 e. The van der Waals surface area contributed by atoms with Crippen LogP contribution in [0.15, 0.2) is 66.9 Å². The molecule has 6 rings (SSSR count). The number of carbonyl (C=O) groups is 1. The molecule has 3 heterocycles. The molecule has 8 nitrogen and oxygen atoms in total. The summed E-state index contributed by atoms with van der Waals surface area (Å²) in [5, 5.41) is 9.70. The van der Waals surface area contributed by atoms with Crippen LogP contribution in [0.25, 0.3) is 10.9 Å². The lowest BCUT2D eigenvalue weighted by Gasteiger charge is -2.32. The Labute approximate surface area is 252 Å².